The number of hydrogen-bond donors (Lipinski definition) is 2. The fourth-order valence-corrected chi connectivity index (χ4v) is 5.48. The van der Waals surface area contributed by atoms with E-state index in [0.717, 1.165) is 5.56 Å². The van der Waals surface area contributed by atoms with Crippen LogP contribution in [0.5, 0.6) is 0 Å². The highest BCUT2D eigenvalue weighted by Gasteiger charge is 2.55. The quantitative estimate of drug-likeness (QED) is 0.449. The molecule has 1 fully saturated rings. The number of carbonyl (C=O) groups excluding carboxylic acids is 2. The standard InChI is InChI=1S/C19H29NO5Si/c1-19(2,3)26(4,5)20-14(11-15(20)21)16(22)17(23)18(24)25-12-13-9-7-6-8-10-13/h6-10,14,16-17,22-23H,11-12H2,1-5H3/t14-,16+,17+/m0/s1. The average Bonchev–Trinajstić information content (AvgIpc) is 2.55. The number of nitrogens with zero attached hydrogens (tertiary/aromatic N) is 1. The molecule has 0 bridgehead atoms. The van der Waals surface area contributed by atoms with Gasteiger partial charge in [-0.2, -0.15) is 0 Å². The van der Waals surface area contributed by atoms with Crippen molar-refractivity contribution in [3.8, 4) is 0 Å². The van der Waals surface area contributed by atoms with Crippen molar-refractivity contribution in [3.05, 3.63) is 35.9 Å². The molecule has 144 valence electrons. The summed E-state index contributed by atoms with van der Waals surface area (Å²) in [7, 11) is -2.20. The maximum Gasteiger partial charge on any atom is 0.338 e. The second kappa shape index (κ2) is 7.50. The highest BCUT2D eigenvalue weighted by atomic mass is 28.3. The number of hydrogen-bond acceptors (Lipinski definition) is 5. The van der Waals surface area contributed by atoms with Gasteiger partial charge in [0, 0.05) is 6.42 Å². The monoisotopic (exact) mass is 379 g/mol. The Morgan fingerprint density at radius 1 is 1.27 bits per heavy atom. The van der Waals surface area contributed by atoms with Crippen LogP contribution in [0.15, 0.2) is 30.3 Å². The molecule has 0 spiro atoms. The molecule has 1 heterocycles. The van der Waals surface area contributed by atoms with Crippen LogP contribution < -0.4 is 0 Å². The third-order valence-corrected chi connectivity index (χ3v) is 11.1. The van der Waals surface area contributed by atoms with Gasteiger partial charge in [-0.15, -0.1) is 0 Å². The molecule has 1 saturated heterocycles. The third-order valence-electron chi connectivity index (χ3n) is 5.60. The van der Waals surface area contributed by atoms with Gasteiger partial charge in [0.25, 0.3) is 0 Å². The fraction of sp³-hybridized carbons (Fsp3) is 0.579. The predicted octanol–water partition coefficient (Wildman–Crippen LogP) is 2.06. The second-order valence-electron chi connectivity index (χ2n) is 8.37. The highest BCUT2D eigenvalue weighted by molar-refractivity contribution is 6.80. The van der Waals surface area contributed by atoms with Gasteiger partial charge in [-0.25, -0.2) is 4.79 Å². The van der Waals surface area contributed by atoms with Crippen molar-refractivity contribution in [2.75, 3.05) is 0 Å². The minimum atomic E-state index is -2.20. The lowest BCUT2D eigenvalue weighted by molar-refractivity contribution is -0.169. The van der Waals surface area contributed by atoms with E-state index >= 15 is 0 Å². The van der Waals surface area contributed by atoms with Crippen LogP contribution in [0.2, 0.25) is 18.1 Å². The zero-order valence-electron chi connectivity index (χ0n) is 16.1. The van der Waals surface area contributed by atoms with E-state index in [0.29, 0.717) is 0 Å². The molecular formula is C19H29NO5Si. The van der Waals surface area contributed by atoms with Gasteiger partial charge < -0.3 is 19.5 Å². The summed E-state index contributed by atoms with van der Waals surface area (Å²) in [4.78, 5) is 24.3. The van der Waals surface area contributed by atoms with Crippen LogP contribution in [0.3, 0.4) is 0 Å². The maximum absolute atomic E-state index is 12.2. The summed E-state index contributed by atoms with van der Waals surface area (Å²) in [5.41, 5.74) is 0.796. The largest absolute Gasteiger partial charge is 0.459 e. The Bertz CT molecular complexity index is 656. The van der Waals surface area contributed by atoms with E-state index < -0.39 is 32.5 Å². The summed E-state index contributed by atoms with van der Waals surface area (Å²) in [6.07, 6.45) is -2.90. The molecule has 0 saturated carbocycles. The Balaban J connectivity index is 2.01. The smallest absolute Gasteiger partial charge is 0.338 e. The minimum absolute atomic E-state index is 0.0268. The number of benzene rings is 1. The van der Waals surface area contributed by atoms with E-state index in [1.165, 1.54) is 0 Å². The maximum atomic E-state index is 12.2. The Labute approximate surface area is 155 Å². The number of ether oxygens (including phenoxy) is 1. The van der Waals surface area contributed by atoms with Crippen molar-refractivity contribution in [2.45, 2.75) is 70.2 Å². The van der Waals surface area contributed by atoms with Crippen molar-refractivity contribution in [1.29, 1.82) is 0 Å². The van der Waals surface area contributed by atoms with Gasteiger partial charge in [0.2, 0.25) is 5.91 Å². The van der Waals surface area contributed by atoms with E-state index in [9.17, 15) is 19.8 Å². The van der Waals surface area contributed by atoms with Gasteiger partial charge in [0.15, 0.2) is 14.3 Å². The number of carbonyl (C=O) groups is 2. The Morgan fingerprint density at radius 3 is 2.35 bits per heavy atom. The molecule has 1 amide bonds. The summed E-state index contributed by atoms with van der Waals surface area (Å²) in [6.45, 7) is 10.4. The van der Waals surface area contributed by atoms with Crippen LogP contribution in [0.1, 0.15) is 32.8 Å². The topological polar surface area (TPSA) is 87.1 Å². The normalized spacial score (nSPS) is 20.3. The number of esters is 1. The lowest BCUT2D eigenvalue weighted by atomic mass is 9.96. The van der Waals surface area contributed by atoms with Crippen LogP contribution >= 0.6 is 0 Å². The molecule has 1 aliphatic heterocycles. The molecule has 2 N–H and O–H groups in total. The van der Waals surface area contributed by atoms with E-state index in [1.54, 1.807) is 16.7 Å². The Hall–Kier alpha value is -1.70. The first kappa shape index (κ1) is 20.6. The SMILES string of the molecule is CC(C)(C)[Si](C)(C)N1C(=O)C[C@H]1[C@@H](O)[C@@H](O)C(=O)OCc1ccccc1. The van der Waals surface area contributed by atoms with Gasteiger partial charge in [-0.3, -0.25) is 4.79 Å². The number of rotatable bonds is 6. The summed E-state index contributed by atoms with van der Waals surface area (Å²) in [5.74, 6) is -0.915. The van der Waals surface area contributed by atoms with Crippen molar-refractivity contribution < 1.29 is 24.5 Å². The number of aliphatic hydroxyl groups excluding tert-OH is 2. The van der Waals surface area contributed by atoms with Crippen LogP contribution in [0.25, 0.3) is 0 Å². The second-order valence-corrected chi connectivity index (χ2v) is 13.5. The lowest BCUT2D eigenvalue weighted by Crippen LogP contribution is -2.72. The van der Waals surface area contributed by atoms with Crippen molar-refractivity contribution in [3.63, 3.8) is 0 Å². The van der Waals surface area contributed by atoms with E-state index in [2.05, 4.69) is 33.9 Å². The fourth-order valence-electron chi connectivity index (χ4n) is 2.97. The lowest BCUT2D eigenvalue weighted by Gasteiger charge is -2.56. The van der Waals surface area contributed by atoms with Gasteiger partial charge in [0.1, 0.15) is 12.7 Å². The molecule has 6 nitrogen and oxygen atoms in total. The van der Waals surface area contributed by atoms with Gasteiger partial charge in [0.05, 0.1) is 6.04 Å². The first-order valence-corrected chi connectivity index (χ1v) is 11.8. The molecule has 0 aliphatic carbocycles. The van der Waals surface area contributed by atoms with E-state index in [1.807, 2.05) is 18.2 Å². The van der Waals surface area contributed by atoms with Gasteiger partial charge in [-0.1, -0.05) is 64.2 Å². The molecule has 3 atom stereocenters. The first-order valence-electron chi connectivity index (χ1n) is 8.85. The molecule has 2 rings (SSSR count). The molecule has 1 aromatic rings. The Morgan fingerprint density at radius 2 is 1.85 bits per heavy atom. The molecule has 1 aromatic carbocycles. The highest BCUT2D eigenvalue weighted by Crippen LogP contribution is 2.43. The van der Waals surface area contributed by atoms with E-state index in [4.69, 9.17) is 4.74 Å². The average molecular weight is 380 g/mol. The molecule has 0 radical (unpaired) electrons. The Kier molecular flexibility index (Phi) is 5.94. The number of amides is 1. The summed E-state index contributed by atoms with van der Waals surface area (Å²) >= 11 is 0. The van der Waals surface area contributed by atoms with Crippen molar-refractivity contribution >= 4 is 20.1 Å². The van der Waals surface area contributed by atoms with E-state index in [-0.39, 0.29) is 24.0 Å². The first-order chi connectivity index (χ1) is 12.0. The van der Waals surface area contributed by atoms with Crippen LogP contribution in [0.4, 0.5) is 0 Å². The van der Waals surface area contributed by atoms with Crippen molar-refractivity contribution in [2.24, 2.45) is 0 Å². The van der Waals surface area contributed by atoms with Gasteiger partial charge in [-0.05, 0) is 10.6 Å². The molecule has 7 heteroatoms. The summed E-state index contributed by atoms with van der Waals surface area (Å²) in [5, 5.41) is 20.6. The predicted molar refractivity (Wildman–Crippen MR) is 101 cm³/mol. The van der Waals surface area contributed by atoms with Crippen molar-refractivity contribution in [1.82, 2.24) is 4.57 Å². The molecule has 0 aromatic heterocycles. The summed E-state index contributed by atoms with van der Waals surface area (Å²) in [6, 6.07) is 8.56. The zero-order valence-corrected chi connectivity index (χ0v) is 17.1. The van der Waals surface area contributed by atoms with Gasteiger partial charge >= 0.3 is 5.97 Å². The molecule has 26 heavy (non-hydrogen) atoms. The van der Waals surface area contributed by atoms with Crippen LogP contribution in [0, 0.1) is 0 Å². The minimum Gasteiger partial charge on any atom is -0.459 e. The molecule has 1 aliphatic rings. The molecular weight excluding hydrogens is 350 g/mol. The number of aliphatic hydroxyl groups is 2. The summed E-state index contributed by atoms with van der Waals surface area (Å²) < 4.78 is 6.82. The van der Waals surface area contributed by atoms with Crippen LogP contribution in [-0.2, 0) is 20.9 Å². The molecule has 0 unspecified atom stereocenters. The van der Waals surface area contributed by atoms with Crippen LogP contribution in [-0.4, -0.2) is 53.1 Å². The number of β-lactam (4-membered cyclic amide) rings is 1. The third kappa shape index (κ3) is 4.00. The zero-order chi connectivity index (χ0) is 19.7.